The molecule has 4 heteroatoms. The zero-order chi connectivity index (χ0) is 10.7. The van der Waals surface area contributed by atoms with Gasteiger partial charge in [-0.2, -0.15) is 0 Å². The highest BCUT2D eigenvalue weighted by molar-refractivity contribution is 5.72. The molecule has 0 saturated carbocycles. The standard InChI is InChI=1S/C11H14N2O2/c14-8-12-9-1-3-10(4-2-9)13-6-5-11(15)7-13/h1-4,8,11,15H,5-7H2,(H,12,14). The third-order valence-corrected chi connectivity index (χ3v) is 2.62. The molecule has 0 aromatic heterocycles. The summed E-state index contributed by atoms with van der Waals surface area (Å²) in [6.07, 6.45) is 1.28. The number of anilines is 2. The maximum atomic E-state index is 10.2. The molecule has 80 valence electrons. The summed E-state index contributed by atoms with van der Waals surface area (Å²) in [5.74, 6) is 0. The molecule has 0 bridgehead atoms. The van der Waals surface area contributed by atoms with Crippen LogP contribution in [0.2, 0.25) is 0 Å². The summed E-state index contributed by atoms with van der Waals surface area (Å²) in [5, 5.41) is 12.0. The highest BCUT2D eigenvalue weighted by Crippen LogP contribution is 2.21. The Kier molecular flexibility index (Phi) is 2.87. The zero-order valence-electron chi connectivity index (χ0n) is 8.39. The molecular weight excluding hydrogens is 192 g/mol. The SMILES string of the molecule is O=CNc1ccc(N2CCC(O)C2)cc1. The fourth-order valence-corrected chi connectivity index (χ4v) is 1.81. The van der Waals surface area contributed by atoms with Gasteiger partial charge in [0.05, 0.1) is 6.10 Å². The number of hydrogen-bond donors (Lipinski definition) is 2. The number of amides is 1. The van der Waals surface area contributed by atoms with Crippen molar-refractivity contribution < 1.29 is 9.90 Å². The number of carbonyl (C=O) groups is 1. The highest BCUT2D eigenvalue weighted by atomic mass is 16.3. The van der Waals surface area contributed by atoms with Crippen LogP contribution in [0.15, 0.2) is 24.3 Å². The maximum Gasteiger partial charge on any atom is 0.211 e. The second-order valence-electron chi connectivity index (χ2n) is 3.70. The van der Waals surface area contributed by atoms with Crippen LogP contribution >= 0.6 is 0 Å². The predicted molar refractivity (Wildman–Crippen MR) is 59.0 cm³/mol. The number of carbonyl (C=O) groups excluding carboxylic acids is 1. The van der Waals surface area contributed by atoms with Crippen molar-refractivity contribution in [1.29, 1.82) is 0 Å². The van der Waals surface area contributed by atoms with E-state index in [-0.39, 0.29) is 6.10 Å². The molecule has 2 N–H and O–H groups in total. The van der Waals surface area contributed by atoms with E-state index >= 15 is 0 Å². The van der Waals surface area contributed by atoms with Gasteiger partial charge in [-0.3, -0.25) is 4.79 Å². The monoisotopic (exact) mass is 206 g/mol. The molecule has 0 aliphatic carbocycles. The molecular formula is C11H14N2O2. The summed E-state index contributed by atoms with van der Waals surface area (Å²) in [6, 6.07) is 7.61. The Labute approximate surface area is 88.5 Å². The minimum atomic E-state index is -0.210. The largest absolute Gasteiger partial charge is 0.391 e. The Hall–Kier alpha value is -1.55. The first kappa shape index (κ1) is 9.98. The zero-order valence-corrected chi connectivity index (χ0v) is 8.39. The van der Waals surface area contributed by atoms with E-state index in [4.69, 9.17) is 0 Å². The van der Waals surface area contributed by atoms with Gasteiger partial charge in [0.2, 0.25) is 6.41 Å². The first-order chi connectivity index (χ1) is 7.29. The average Bonchev–Trinajstić information content (AvgIpc) is 2.67. The summed E-state index contributed by atoms with van der Waals surface area (Å²) >= 11 is 0. The van der Waals surface area contributed by atoms with E-state index in [1.165, 1.54) is 0 Å². The van der Waals surface area contributed by atoms with Gasteiger partial charge in [-0.15, -0.1) is 0 Å². The van der Waals surface area contributed by atoms with E-state index in [0.717, 1.165) is 24.3 Å². The molecule has 1 aromatic carbocycles. The van der Waals surface area contributed by atoms with E-state index in [0.29, 0.717) is 13.0 Å². The molecule has 1 unspecified atom stereocenters. The molecule has 1 amide bonds. The van der Waals surface area contributed by atoms with Gasteiger partial charge >= 0.3 is 0 Å². The topological polar surface area (TPSA) is 52.6 Å². The minimum absolute atomic E-state index is 0.210. The van der Waals surface area contributed by atoms with Crippen molar-refractivity contribution in [2.75, 3.05) is 23.3 Å². The van der Waals surface area contributed by atoms with Crippen molar-refractivity contribution in [1.82, 2.24) is 0 Å². The number of aliphatic hydroxyl groups is 1. The summed E-state index contributed by atoms with van der Waals surface area (Å²) in [4.78, 5) is 12.3. The Balaban J connectivity index is 2.06. The summed E-state index contributed by atoms with van der Waals surface area (Å²) in [6.45, 7) is 1.59. The van der Waals surface area contributed by atoms with Crippen LogP contribution in [0.1, 0.15) is 6.42 Å². The number of β-amino-alcohol motifs (C(OH)–C–C–N with tert-alkyl or cyclic N) is 1. The first-order valence-corrected chi connectivity index (χ1v) is 5.03. The molecule has 1 fully saturated rings. The van der Waals surface area contributed by atoms with Gasteiger partial charge in [-0.1, -0.05) is 0 Å². The predicted octanol–water partition coefficient (Wildman–Crippen LogP) is 0.826. The lowest BCUT2D eigenvalue weighted by Gasteiger charge is -2.17. The molecule has 1 atom stereocenters. The molecule has 1 aromatic rings. The molecule has 1 aliphatic heterocycles. The number of nitrogens with one attached hydrogen (secondary N) is 1. The summed E-state index contributed by atoms with van der Waals surface area (Å²) in [7, 11) is 0. The van der Waals surface area contributed by atoms with Gasteiger partial charge in [0.15, 0.2) is 0 Å². The Morgan fingerprint density at radius 2 is 2.13 bits per heavy atom. The van der Waals surface area contributed by atoms with Crippen LogP contribution in [0.4, 0.5) is 11.4 Å². The van der Waals surface area contributed by atoms with Gasteiger partial charge in [-0.05, 0) is 30.7 Å². The molecule has 4 nitrogen and oxygen atoms in total. The van der Waals surface area contributed by atoms with Crippen LogP contribution < -0.4 is 10.2 Å². The Morgan fingerprint density at radius 1 is 1.40 bits per heavy atom. The first-order valence-electron chi connectivity index (χ1n) is 5.03. The van der Waals surface area contributed by atoms with Gasteiger partial charge < -0.3 is 15.3 Å². The van der Waals surface area contributed by atoms with Gasteiger partial charge in [-0.25, -0.2) is 0 Å². The number of hydrogen-bond acceptors (Lipinski definition) is 3. The highest BCUT2D eigenvalue weighted by Gasteiger charge is 2.19. The van der Waals surface area contributed by atoms with Gasteiger partial charge in [0, 0.05) is 24.5 Å². The van der Waals surface area contributed by atoms with Crippen LogP contribution in [0.25, 0.3) is 0 Å². The van der Waals surface area contributed by atoms with E-state index in [2.05, 4.69) is 10.2 Å². The third kappa shape index (κ3) is 2.27. The lowest BCUT2D eigenvalue weighted by atomic mass is 10.2. The molecule has 1 aliphatic rings. The van der Waals surface area contributed by atoms with Crippen LogP contribution in [0.5, 0.6) is 0 Å². The molecule has 1 saturated heterocycles. The summed E-state index contributed by atoms with van der Waals surface area (Å²) < 4.78 is 0. The van der Waals surface area contributed by atoms with Crippen molar-refractivity contribution in [2.45, 2.75) is 12.5 Å². The number of aliphatic hydroxyl groups excluding tert-OH is 1. The van der Waals surface area contributed by atoms with E-state index in [1.807, 2.05) is 24.3 Å². The molecule has 0 radical (unpaired) electrons. The van der Waals surface area contributed by atoms with Crippen molar-refractivity contribution in [3.63, 3.8) is 0 Å². The second-order valence-corrected chi connectivity index (χ2v) is 3.70. The van der Waals surface area contributed by atoms with Crippen molar-refractivity contribution >= 4 is 17.8 Å². The Bertz CT molecular complexity index is 337. The van der Waals surface area contributed by atoms with Crippen molar-refractivity contribution in [2.24, 2.45) is 0 Å². The van der Waals surface area contributed by atoms with Gasteiger partial charge in [0.1, 0.15) is 0 Å². The quantitative estimate of drug-likeness (QED) is 0.720. The second kappa shape index (κ2) is 4.31. The fourth-order valence-electron chi connectivity index (χ4n) is 1.81. The normalized spacial score (nSPS) is 20.3. The number of nitrogens with zero attached hydrogens (tertiary/aromatic N) is 1. The minimum Gasteiger partial charge on any atom is -0.391 e. The molecule has 15 heavy (non-hydrogen) atoms. The summed E-state index contributed by atoms with van der Waals surface area (Å²) in [5.41, 5.74) is 1.87. The van der Waals surface area contributed by atoms with Crippen LogP contribution in [0.3, 0.4) is 0 Å². The van der Waals surface area contributed by atoms with Crippen LogP contribution in [-0.4, -0.2) is 30.7 Å². The molecule has 0 spiro atoms. The Morgan fingerprint density at radius 3 is 2.67 bits per heavy atom. The van der Waals surface area contributed by atoms with E-state index < -0.39 is 0 Å². The molecule has 1 heterocycles. The van der Waals surface area contributed by atoms with Crippen LogP contribution in [-0.2, 0) is 4.79 Å². The van der Waals surface area contributed by atoms with E-state index in [1.54, 1.807) is 0 Å². The third-order valence-electron chi connectivity index (χ3n) is 2.62. The average molecular weight is 206 g/mol. The fraction of sp³-hybridized carbons (Fsp3) is 0.364. The number of rotatable bonds is 3. The van der Waals surface area contributed by atoms with Gasteiger partial charge in [0.25, 0.3) is 0 Å². The molecule has 2 rings (SSSR count). The van der Waals surface area contributed by atoms with Crippen LogP contribution in [0, 0.1) is 0 Å². The number of benzene rings is 1. The van der Waals surface area contributed by atoms with Crippen molar-refractivity contribution in [3.05, 3.63) is 24.3 Å². The van der Waals surface area contributed by atoms with E-state index in [9.17, 15) is 9.90 Å². The van der Waals surface area contributed by atoms with Crippen molar-refractivity contribution in [3.8, 4) is 0 Å². The lowest BCUT2D eigenvalue weighted by molar-refractivity contribution is -0.105. The smallest absolute Gasteiger partial charge is 0.211 e. The maximum absolute atomic E-state index is 10.2. The lowest BCUT2D eigenvalue weighted by Crippen LogP contribution is -2.20.